The number of para-hydroxylation sites is 2. The molecule has 0 aliphatic carbocycles. The predicted molar refractivity (Wildman–Crippen MR) is 84.7 cm³/mol. The summed E-state index contributed by atoms with van der Waals surface area (Å²) in [6.45, 7) is 0. The quantitative estimate of drug-likeness (QED) is 0.445. The first-order valence-corrected chi connectivity index (χ1v) is 7.51. The van der Waals surface area contributed by atoms with Crippen molar-refractivity contribution in [3.63, 3.8) is 0 Å². The zero-order valence-corrected chi connectivity index (χ0v) is 12.3. The summed E-state index contributed by atoms with van der Waals surface area (Å²) in [5, 5.41) is 4.31. The van der Waals surface area contributed by atoms with Gasteiger partial charge in [0.25, 0.3) is 11.1 Å². The summed E-state index contributed by atoms with van der Waals surface area (Å²) in [6, 6.07) is 12.9. The number of oxazole rings is 1. The lowest BCUT2D eigenvalue weighted by molar-refractivity contribution is -0.118. The highest BCUT2D eigenvalue weighted by molar-refractivity contribution is 7.99. The average Bonchev–Trinajstić information content (AvgIpc) is 2.97. The number of aromatic nitrogens is 2. The highest BCUT2D eigenvalue weighted by Crippen LogP contribution is 2.22. The van der Waals surface area contributed by atoms with Crippen LogP contribution in [-0.4, -0.2) is 27.8 Å². The van der Waals surface area contributed by atoms with E-state index < -0.39 is 0 Å². The van der Waals surface area contributed by atoms with Gasteiger partial charge in [-0.3, -0.25) is 9.78 Å². The number of hydrogen-bond acceptors (Lipinski definition) is 6. The van der Waals surface area contributed by atoms with E-state index in [0.29, 0.717) is 16.5 Å². The monoisotopic (exact) mass is 312 g/mol. The van der Waals surface area contributed by atoms with Crippen molar-refractivity contribution < 1.29 is 9.21 Å². The summed E-state index contributed by atoms with van der Waals surface area (Å²) >= 11 is 1.22. The SMILES string of the molecule is O=C(CSc1nc2ccccc2o1)NN=Cc1ccccn1. The van der Waals surface area contributed by atoms with Crippen LogP contribution in [0, 0.1) is 0 Å². The molecule has 7 heteroatoms. The molecule has 2 heterocycles. The Kier molecular flexibility index (Phi) is 4.45. The highest BCUT2D eigenvalue weighted by Gasteiger charge is 2.08. The summed E-state index contributed by atoms with van der Waals surface area (Å²) < 4.78 is 5.52. The molecule has 3 aromatic rings. The van der Waals surface area contributed by atoms with Crippen molar-refractivity contribution in [1.82, 2.24) is 15.4 Å². The van der Waals surface area contributed by atoms with Gasteiger partial charge in [-0.15, -0.1) is 0 Å². The lowest BCUT2D eigenvalue weighted by Gasteiger charge is -1.96. The van der Waals surface area contributed by atoms with E-state index in [0.717, 1.165) is 5.52 Å². The number of fused-ring (bicyclic) bond motifs is 1. The summed E-state index contributed by atoms with van der Waals surface area (Å²) in [7, 11) is 0. The predicted octanol–water partition coefficient (Wildman–Crippen LogP) is 2.47. The highest BCUT2D eigenvalue weighted by atomic mass is 32.2. The third-order valence-corrected chi connectivity index (χ3v) is 3.50. The summed E-state index contributed by atoms with van der Waals surface area (Å²) in [5.41, 5.74) is 4.59. The van der Waals surface area contributed by atoms with Crippen molar-refractivity contribution in [1.29, 1.82) is 0 Å². The number of pyridine rings is 1. The molecular weight excluding hydrogens is 300 g/mol. The molecule has 6 nitrogen and oxygen atoms in total. The molecule has 0 fully saturated rings. The lowest BCUT2D eigenvalue weighted by Crippen LogP contribution is -2.19. The number of hydrogen-bond donors (Lipinski definition) is 1. The van der Waals surface area contributed by atoms with Crippen molar-refractivity contribution in [3.8, 4) is 0 Å². The molecule has 3 rings (SSSR count). The van der Waals surface area contributed by atoms with Crippen LogP contribution in [-0.2, 0) is 4.79 Å². The van der Waals surface area contributed by atoms with Gasteiger partial charge in [-0.2, -0.15) is 5.10 Å². The van der Waals surface area contributed by atoms with Crippen LogP contribution in [0.5, 0.6) is 0 Å². The van der Waals surface area contributed by atoms with Crippen LogP contribution in [0.1, 0.15) is 5.69 Å². The number of carbonyl (C=O) groups is 1. The van der Waals surface area contributed by atoms with Crippen molar-refractivity contribution in [2.45, 2.75) is 5.22 Å². The largest absolute Gasteiger partial charge is 0.431 e. The standard InChI is InChI=1S/C15H12N4O2S/c20-14(19-17-9-11-5-3-4-8-16-11)10-22-15-18-12-6-1-2-7-13(12)21-15/h1-9H,10H2,(H,19,20). The Labute approximate surface area is 130 Å². The van der Waals surface area contributed by atoms with Gasteiger partial charge in [0.15, 0.2) is 5.58 Å². The fourth-order valence-corrected chi connectivity index (χ4v) is 2.33. The van der Waals surface area contributed by atoms with E-state index in [1.165, 1.54) is 18.0 Å². The van der Waals surface area contributed by atoms with Gasteiger partial charge in [0.1, 0.15) is 5.52 Å². The van der Waals surface area contributed by atoms with E-state index in [1.54, 1.807) is 12.3 Å². The zero-order valence-electron chi connectivity index (χ0n) is 11.5. The second kappa shape index (κ2) is 6.86. The van der Waals surface area contributed by atoms with Crippen LogP contribution < -0.4 is 5.43 Å². The molecule has 0 bridgehead atoms. The van der Waals surface area contributed by atoms with Crippen LogP contribution in [0.15, 0.2) is 63.4 Å². The van der Waals surface area contributed by atoms with Gasteiger partial charge in [-0.25, -0.2) is 10.4 Å². The molecule has 0 saturated carbocycles. The van der Waals surface area contributed by atoms with Crippen LogP contribution in [0.25, 0.3) is 11.1 Å². The molecule has 1 amide bonds. The Hall–Kier alpha value is -2.67. The average molecular weight is 312 g/mol. The molecule has 0 saturated heterocycles. The molecular formula is C15H12N4O2S. The molecule has 0 atom stereocenters. The maximum absolute atomic E-state index is 11.7. The summed E-state index contributed by atoms with van der Waals surface area (Å²) in [5.74, 6) is -0.0636. The Balaban J connectivity index is 1.51. The Morgan fingerprint density at radius 3 is 2.95 bits per heavy atom. The first kappa shape index (κ1) is 14.3. The normalized spacial score (nSPS) is 11.1. The molecule has 2 aromatic heterocycles. The van der Waals surface area contributed by atoms with E-state index in [1.807, 2.05) is 36.4 Å². The van der Waals surface area contributed by atoms with E-state index >= 15 is 0 Å². The van der Waals surface area contributed by atoms with Gasteiger partial charge >= 0.3 is 0 Å². The second-order valence-corrected chi connectivity index (χ2v) is 5.21. The minimum atomic E-state index is -0.237. The number of nitrogens with one attached hydrogen (secondary N) is 1. The van der Waals surface area contributed by atoms with Crippen molar-refractivity contribution >= 4 is 35.0 Å². The van der Waals surface area contributed by atoms with Crippen molar-refractivity contribution in [3.05, 3.63) is 54.4 Å². The van der Waals surface area contributed by atoms with E-state index in [4.69, 9.17) is 4.42 Å². The van der Waals surface area contributed by atoms with Crippen molar-refractivity contribution in [2.75, 3.05) is 5.75 Å². The summed E-state index contributed by atoms with van der Waals surface area (Å²) in [6.07, 6.45) is 3.15. The molecule has 22 heavy (non-hydrogen) atoms. The van der Waals surface area contributed by atoms with Gasteiger partial charge in [-0.05, 0) is 24.3 Å². The third-order valence-electron chi connectivity index (χ3n) is 2.67. The maximum atomic E-state index is 11.7. The van der Waals surface area contributed by atoms with Gasteiger partial charge in [-0.1, -0.05) is 30.0 Å². The maximum Gasteiger partial charge on any atom is 0.257 e. The van der Waals surface area contributed by atoms with Crippen molar-refractivity contribution in [2.24, 2.45) is 5.10 Å². The van der Waals surface area contributed by atoms with Crippen LogP contribution >= 0.6 is 11.8 Å². The Morgan fingerprint density at radius 2 is 2.14 bits per heavy atom. The number of thioether (sulfide) groups is 1. The number of rotatable bonds is 5. The molecule has 1 N–H and O–H groups in total. The number of benzene rings is 1. The first-order chi connectivity index (χ1) is 10.8. The van der Waals surface area contributed by atoms with E-state index in [-0.39, 0.29) is 11.7 Å². The zero-order chi connectivity index (χ0) is 15.2. The van der Waals surface area contributed by atoms with Crippen LogP contribution in [0.3, 0.4) is 0 Å². The van der Waals surface area contributed by atoms with E-state index in [9.17, 15) is 4.79 Å². The lowest BCUT2D eigenvalue weighted by atomic mass is 10.3. The third kappa shape index (κ3) is 3.70. The van der Waals surface area contributed by atoms with E-state index in [2.05, 4.69) is 20.5 Å². The first-order valence-electron chi connectivity index (χ1n) is 6.52. The second-order valence-electron chi connectivity index (χ2n) is 4.28. The van der Waals surface area contributed by atoms with Gasteiger partial charge < -0.3 is 4.42 Å². The Bertz CT molecular complexity index is 768. The Morgan fingerprint density at radius 1 is 1.27 bits per heavy atom. The smallest absolute Gasteiger partial charge is 0.257 e. The molecule has 0 spiro atoms. The number of hydrazone groups is 1. The van der Waals surface area contributed by atoms with Crippen LogP contribution in [0.4, 0.5) is 0 Å². The molecule has 110 valence electrons. The number of carbonyl (C=O) groups excluding carboxylic acids is 1. The van der Waals surface area contributed by atoms with Gasteiger partial charge in [0, 0.05) is 6.20 Å². The minimum absolute atomic E-state index is 0.173. The summed E-state index contributed by atoms with van der Waals surface area (Å²) in [4.78, 5) is 20.0. The molecule has 1 aromatic carbocycles. The fraction of sp³-hybridized carbons (Fsp3) is 0.0667. The van der Waals surface area contributed by atoms with Gasteiger partial charge in [0.05, 0.1) is 17.7 Å². The molecule has 0 unspecified atom stereocenters. The topological polar surface area (TPSA) is 80.4 Å². The molecule has 0 radical (unpaired) electrons. The fourth-order valence-electron chi connectivity index (χ4n) is 1.70. The van der Waals surface area contributed by atoms with Crippen LogP contribution in [0.2, 0.25) is 0 Å². The molecule has 0 aliphatic heterocycles. The number of nitrogens with zero attached hydrogens (tertiary/aromatic N) is 3. The minimum Gasteiger partial charge on any atom is -0.431 e. The van der Waals surface area contributed by atoms with Gasteiger partial charge in [0.2, 0.25) is 0 Å². The molecule has 0 aliphatic rings. The number of amides is 1.